The van der Waals surface area contributed by atoms with Gasteiger partial charge >= 0.3 is 0 Å². The molecule has 0 radical (unpaired) electrons. The number of amides is 2. The van der Waals surface area contributed by atoms with Crippen LogP contribution in [0.4, 0.5) is 5.69 Å². The lowest BCUT2D eigenvalue weighted by Crippen LogP contribution is -2.40. The predicted octanol–water partition coefficient (Wildman–Crippen LogP) is 0.420. The van der Waals surface area contributed by atoms with Crippen molar-refractivity contribution in [3.63, 3.8) is 0 Å². The Balaban J connectivity index is 2.33. The highest BCUT2D eigenvalue weighted by Gasteiger charge is 2.32. The Morgan fingerprint density at radius 2 is 1.80 bits per heavy atom. The molecule has 0 aliphatic carbocycles. The minimum Gasteiger partial charge on any atom is -0.395 e. The second kappa shape index (κ2) is 6.95. The van der Waals surface area contributed by atoms with Crippen molar-refractivity contribution < 1.29 is 23.1 Å². The second-order valence-corrected chi connectivity index (χ2v) is 8.20. The molecule has 0 aromatic heterocycles. The Morgan fingerprint density at radius 3 is 2.40 bits per heavy atom. The number of aliphatic hydroxyl groups excluding tert-OH is 1. The van der Waals surface area contributed by atoms with Crippen LogP contribution in [0.1, 0.15) is 20.8 Å². The van der Waals surface area contributed by atoms with E-state index in [1.165, 1.54) is 12.1 Å². The van der Waals surface area contributed by atoms with Crippen molar-refractivity contribution in [3.8, 4) is 0 Å². The van der Waals surface area contributed by atoms with Gasteiger partial charge in [-0.1, -0.05) is 12.1 Å². The molecule has 0 unspecified atom stereocenters. The van der Waals surface area contributed by atoms with Crippen LogP contribution in [-0.4, -0.2) is 48.9 Å². The summed E-state index contributed by atoms with van der Waals surface area (Å²) in [5.74, 6) is -1.18. The highest BCUT2D eigenvalue weighted by molar-refractivity contribution is 7.89. The predicted molar refractivity (Wildman–Crippen MR) is 92.0 cm³/mol. The van der Waals surface area contributed by atoms with Crippen LogP contribution < -0.4 is 10.0 Å². The molecule has 0 fully saturated rings. The molecule has 0 atom stereocenters. The summed E-state index contributed by atoms with van der Waals surface area (Å²) in [6, 6.07) is 6.09. The molecule has 0 saturated heterocycles. The number of aliphatic hydroxyl groups is 1. The lowest BCUT2D eigenvalue weighted by atomic mass is 10.1. The molecule has 1 aromatic carbocycles. The number of hydrogen-bond donors (Lipinski definition) is 3. The quantitative estimate of drug-likeness (QED) is 0.628. The number of anilines is 1. The van der Waals surface area contributed by atoms with E-state index in [1.54, 1.807) is 32.9 Å². The fraction of sp³-hybridized carbons (Fsp3) is 0.375. The highest BCUT2D eigenvalue weighted by atomic mass is 32.2. The van der Waals surface area contributed by atoms with E-state index in [1.807, 2.05) is 0 Å². The number of nitrogens with one attached hydrogen (secondary N) is 2. The SMILES string of the molecule is CC(C)(C)NS(=O)(=O)c1ccccc1NC1=CC(=O)N(CCO)C1=O. The molecule has 0 bridgehead atoms. The van der Waals surface area contributed by atoms with Gasteiger partial charge in [-0.15, -0.1) is 0 Å². The van der Waals surface area contributed by atoms with E-state index < -0.39 is 27.4 Å². The second-order valence-electron chi connectivity index (χ2n) is 6.55. The molecule has 8 nitrogen and oxygen atoms in total. The number of hydrogen-bond acceptors (Lipinski definition) is 6. The summed E-state index contributed by atoms with van der Waals surface area (Å²) in [5, 5.41) is 11.6. The Bertz CT molecular complexity index is 824. The molecular formula is C16H21N3O5S. The summed E-state index contributed by atoms with van der Waals surface area (Å²) in [6.07, 6.45) is 1.08. The largest absolute Gasteiger partial charge is 0.395 e. The van der Waals surface area contributed by atoms with Crippen molar-refractivity contribution in [1.82, 2.24) is 9.62 Å². The van der Waals surface area contributed by atoms with E-state index in [2.05, 4.69) is 10.0 Å². The maximum atomic E-state index is 12.6. The molecule has 2 rings (SSSR count). The number of carbonyl (C=O) groups is 2. The van der Waals surface area contributed by atoms with Gasteiger partial charge in [-0.3, -0.25) is 14.5 Å². The first-order chi connectivity index (χ1) is 11.5. The lowest BCUT2D eigenvalue weighted by molar-refractivity contribution is -0.137. The Hall–Kier alpha value is -2.23. The van der Waals surface area contributed by atoms with Crippen LogP contribution in [0.3, 0.4) is 0 Å². The summed E-state index contributed by atoms with van der Waals surface area (Å²) < 4.78 is 27.7. The first-order valence-corrected chi connectivity index (χ1v) is 9.12. The molecule has 25 heavy (non-hydrogen) atoms. The van der Waals surface area contributed by atoms with Crippen LogP contribution in [-0.2, 0) is 19.6 Å². The van der Waals surface area contributed by atoms with Crippen molar-refractivity contribution in [3.05, 3.63) is 36.0 Å². The number of β-amino-alcohol motifs (C(OH)–C–C–N with tert-alkyl or cyclic N) is 1. The molecule has 1 heterocycles. The Morgan fingerprint density at radius 1 is 1.16 bits per heavy atom. The van der Waals surface area contributed by atoms with Crippen molar-refractivity contribution in [1.29, 1.82) is 0 Å². The normalized spacial score (nSPS) is 15.5. The van der Waals surface area contributed by atoms with Crippen LogP contribution in [0.15, 0.2) is 40.9 Å². The van der Waals surface area contributed by atoms with Crippen LogP contribution in [0.5, 0.6) is 0 Å². The lowest BCUT2D eigenvalue weighted by Gasteiger charge is -2.22. The molecule has 136 valence electrons. The number of nitrogens with zero attached hydrogens (tertiary/aromatic N) is 1. The topological polar surface area (TPSA) is 116 Å². The molecule has 3 N–H and O–H groups in total. The molecule has 1 aliphatic heterocycles. The van der Waals surface area contributed by atoms with Crippen LogP contribution in [0.2, 0.25) is 0 Å². The first-order valence-electron chi connectivity index (χ1n) is 7.63. The molecule has 9 heteroatoms. The summed E-state index contributed by atoms with van der Waals surface area (Å²) in [6.45, 7) is 4.68. The van der Waals surface area contributed by atoms with E-state index >= 15 is 0 Å². The Labute approximate surface area is 146 Å². The summed E-state index contributed by atoms with van der Waals surface area (Å²) >= 11 is 0. The number of sulfonamides is 1. The minimum atomic E-state index is -3.83. The van der Waals surface area contributed by atoms with Gasteiger partial charge in [0.15, 0.2) is 0 Å². The monoisotopic (exact) mass is 367 g/mol. The maximum absolute atomic E-state index is 12.6. The number of rotatable bonds is 6. The summed E-state index contributed by atoms with van der Waals surface area (Å²) in [4.78, 5) is 24.8. The highest BCUT2D eigenvalue weighted by Crippen LogP contribution is 2.25. The third-order valence-electron chi connectivity index (χ3n) is 3.22. The third-order valence-corrected chi connectivity index (χ3v) is 5.04. The zero-order valence-electron chi connectivity index (χ0n) is 14.2. The van der Waals surface area contributed by atoms with Gasteiger partial charge in [0, 0.05) is 11.6 Å². The van der Waals surface area contributed by atoms with Crippen LogP contribution in [0, 0.1) is 0 Å². The van der Waals surface area contributed by atoms with E-state index in [-0.39, 0.29) is 29.4 Å². The van der Waals surface area contributed by atoms with Gasteiger partial charge in [-0.25, -0.2) is 13.1 Å². The van der Waals surface area contributed by atoms with Gasteiger partial charge < -0.3 is 10.4 Å². The van der Waals surface area contributed by atoms with Crippen molar-refractivity contribution in [2.45, 2.75) is 31.2 Å². The minimum absolute atomic E-state index is 0.0355. The van der Waals surface area contributed by atoms with Gasteiger partial charge in [0.1, 0.15) is 10.6 Å². The fourth-order valence-corrected chi connectivity index (χ4v) is 3.90. The average Bonchev–Trinajstić information content (AvgIpc) is 2.73. The van der Waals surface area contributed by atoms with E-state index in [0.29, 0.717) is 0 Å². The summed E-state index contributed by atoms with van der Waals surface area (Å²) in [7, 11) is -3.83. The molecular weight excluding hydrogens is 346 g/mol. The molecule has 0 spiro atoms. The van der Waals surface area contributed by atoms with Crippen molar-refractivity contribution >= 4 is 27.5 Å². The van der Waals surface area contributed by atoms with E-state index in [0.717, 1.165) is 11.0 Å². The standard InChI is InChI=1S/C16H21N3O5S/c1-16(2,3)18-25(23,24)13-7-5-4-6-11(13)17-12-10-14(21)19(8-9-20)15(12)22/h4-7,10,17-18,20H,8-9H2,1-3H3. The first kappa shape index (κ1) is 19.1. The molecule has 1 aliphatic rings. The van der Waals surface area contributed by atoms with Crippen LogP contribution in [0.25, 0.3) is 0 Å². The Kier molecular flexibility index (Phi) is 5.31. The van der Waals surface area contributed by atoms with Gasteiger partial charge in [0.05, 0.1) is 18.8 Å². The van der Waals surface area contributed by atoms with Crippen molar-refractivity contribution in [2.24, 2.45) is 0 Å². The average molecular weight is 367 g/mol. The van der Waals surface area contributed by atoms with Crippen LogP contribution >= 0.6 is 0 Å². The van der Waals surface area contributed by atoms with E-state index in [4.69, 9.17) is 5.11 Å². The number of para-hydroxylation sites is 1. The van der Waals surface area contributed by atoms with Gasteiger partial charge in [0.2, 0.25) is 10.0 Å². The smallest absolute Gasteiger partial charge is 0.277 e. The fourth-order valence-electron chi connectivity index (χ4n) is 2.32. The molecule has 0 saturated carbocycles. The van der Waals surface area contributed by atoms with Crippen molar-refractivity contribution in [2.75, 3.05) is 18.5 Å². The zero-order valence-corrected chi connectivity index (χ0v) is 15.1. The number of benzene rings is 1. The number of imide groups is 1. The third kappa shape index (κ3) is 4.44. The summed E-state index contributed by atoms with van der Waals surface area (Å²) in [5.41, 5.74) is -0.545. The van der Waals surface area contributed by atoms with Gasteiger partial charge in [0.25, 0.3) is 11.8 Å². The maximum Gasteiger partial charge on any atom is 0.277 e. The van der Waals surface area contributed by atoms with Gasteiger partial charge in [-0.05, 0) is 32.9 Å². The molecule has 2 amide bonds. The molecule has 1 aromatic rings. The number of carbonyl (C=O) groups excluding carboxylic acids is 2. The zero-order chi connectivity index (χ0) is 18.8. The van der Waals surface area contributed by atoms with E-state index in [9.17, 15) is 18.0 Å². The van der Waals surface area contributed by atoms with Gasteiger partial charge in [-0.2, -0.15) is 0 Å².